The first-order valence-electron chi connectivity index (χ1n) is 7.40. The van der Waals surface area contributed by atoms with Gasteiger partial charge in [0.15, 0.2) is 0 Å². The number of rotatable bonds is 4. The highest BCUT2D eigenvalue weighted by atomic mass is 16.5. The first kappa shape index (κ1) is 14.3. The Morgan fingerprint density at radius 1 is 1.28 bits per heavy atom. The minimum absolute atomic E-state index is 0.0152. The van der Waals surface area contributed by atoms with E-state index >= 15 is 0 Å². The second-order valence-electron chi connectivity index (χ2n) is 7.60. The standard InChI is InChI=1S/C15H30N2O/c1-14(2,3)18-9-8-17-11-15(4,5)16-10-13(17)12-6-7-12/h12-13,16H,6-11H2,1-5H3. The molecule has 18 heavy (non-hydrogen) atoms. The Kier molecular flexibility index (Phi) is 4.05. The molecule has 2 rings (SSSR count). The van der Waals surface area contributed by atoms with E-state index in [1.54, 1.807) is 0 Å². The average molecular weight is 254 g/mol. The lowest BCUT2D eigenvalue weighted by Crippen LogP contribution is -2.62. The Balaban J connectivity index is 1.85. The molecule has 0 radical (unpaired) electrons. The van der Waals surface area contributed by atoms with Crippen molar-refractivity contribution in [1.29, 1.82) is 0 Å². The van der Waals surface area contributed by atoms with Crippen molar-refractivity contribution < 1.29 is 4.74 Å². The Morgan fingerprint density at radius 2 is 1.94 bits per heavy atom. The molecule has 1 heterocycles. The van der Waals surface area contributed by atoms with E-state index in [0.29, 0.717) is 0 Å². The average Bonchev–Trinajstić information content (AvgIpc) is 2.98. The van der Waals surface area contributed by atoms with E-state index in [9.17, 15) is 0 Å². The summed E-state index contributed by atoms with van der Waals surface area (Å²) in [5.41, 5.74) is 0.228. The summed E-state index contributed by atoms with van der Waals surface area (Å²) in [6, 6.07) is 0.738. The van der Waals surface area contributed by atoms with Crippen LogP contribution in [-0.4, -0.2) is 48.3 Å². The molecule has 106 valence electrons. The van der Waals surface area contributed by atoms with Crippen molar-refractivity contribution in [2.75, 3.05) is 26.2 Å². The van der Waals surface area contributed by atoms with Gasteiger partial charge in [0.25, 0.3) is 0 Å². The topological polar surface area (TPSA) is 24.5 Å². The molecule has 0 amide bonds. The second kappa shape index (κ2) is 5.10. The minimum Gasteiger partial charge on any atom is -0.375 e. The Bertz CT molecular complexity index is 279. The fraction of sp³-hybridized carbons (Fsp3) is 1.00. The van der Waals surface area contributed by atoms with Gasteiger partial charge in [-0.15, -0.1) is 0 Å². The van der Waals surface area contributed by atoms with E-state index in [4.69, 9.17) is 4.74 Å². The first-order valence-corrected chi connectivity index (χ1v) is 7.40. The minimum atomic E-state index is -0.0152. The highest BCUT2D eigenvalue weighted by Gasteiger charge is 2.40. The maximum absolute atomic E-state index is 5.89. The molecule has 1 unspecified atom stereocenters. The molecule has 1 atom stereocenters. The maximum Gasteiger partial charge on any atom is 0.0600 e. The van der Waals surface area contributed by atoms with Crippen molar-refractivity contribution in [2.45, 2.75) is 64.6 Å². The van der Waals surface area contributed by atoms with Gasteiger partial charge in [-0.05, 0) is 53.4 Å². The summed E-state index contributed by atoms with van der Waals surface area (Å²) in [5.74, 6) is 0.934. The van der Waals surface area contributed by atoms with E-state index in [1.807, 2.05) is 0 Å². The fourth-order valence-corrected chi connectivity index (χ4v) is 2.85. The summed E-state index contributed by atoms with van der Waals surface area (Å²) in [6.45, 7) is 15.2. The van der Waals surface area contributed by atoms with Crippen LogP contribution in [0.2, 0.25) is 0 Å². The van der Waals surface area contributed by atoms with Gasteiger partial charge in [-0.25, -0.2) is 0 Å². The Morgan fingerprint density at radius 3 is 2.50 bits per heavy atom. The molecule has 0 aromatic rings. The first-order chi connectivity index (χ1) is 8.27. The van der Waals surface area contributed by atoms with E-state index in [0.717, 1.165) is 38.2 Å². The van der Waals surface area contributed by atoms with E-state index in [-0.39, 0.29) is 11.1 Å². The molecule has 0 bridgehead atoms. The van der Waals surface area contributed by atoms with Crippen molar-refractivity contribution in [3.8, 4) is 0 Å². The zero-order valence-corrected chi connectivity index (χ0v) is 12.8. The van der Waals surface area contributed by atoms with Crippen LogP contribution >= 0.6 is 0 Å². The lowest BCUT2D eigenvalue weighted by atomic mass is 9.96. The third-order valence-electron chi connectivity index (χ3n) is 3.94. The van der Waals surface area contributed by atoms with Gasteiger partial charge in [-0.1, -0.05) is 0 Å². The van der Waals surface area contributed by atoms with Gasteiger partial charge in [0, 0.05) is 31.2 Å². The molecule has 0 aromatic heterocycles. The van der Waals surface area contributed by atoms with Crippen molar-refractivity contribution in [3.05, 3.63) is 0 Å². The van der Waals surface area contributed by atoms with Crippen LogP contribution in [0.1, 0.15) is 47.5 Å². The van der Waals surface area contributed by atoms with Crippen molar-refractivity contribution in [3.63, 3.8) is 0 Å². The number of nitrogens with one attached hydrogen (secondary N) is 1. The largest absolute Gasteiger partial charge is 0.375 e. The molecule has 1 saturated heterocycles. The Hall–Kier alpha value is -0.120. The fourth-order valence-electron chi connectivity index (χ4n) is 2.85. The van der Waals surface area contributed by atoms with Crippen molar-refractivity contribution in [1.82, 2.24) is 10.2 Å². The van der Waals surface area contributed by atoms with Crippen LogP contribution in [0.3, 0.4) is 0 Å². The molecule has 0 aromatic carbocycles. The lowest BCUT2D eigenvalue weighted by molar-refractivity contribution is -0.0276. The lowest BCUT2D eigenvalue weighted by Gasteiger charge is -2.45. The highest BCUT2D eigenvalue weighted by Crippen LogP contribution is 2.37. The molecule has 1 saturated carbocycles. The van der Waals surface area contributed by atoms with E-state index in [2.05, 4.69) is 44.8 Å². The number of hydrogen-bond donors (Lipinski definition) is 1. The quantitative estimate of drug-likeness (QED) is 0.833. The molecule has 1 N–H and O–H groups in total. The Labute approximate surface area is 112 Å². The predicted molar refractivity (Wildman–Crippen MR) is 75.9 cm³/mol. The summed E-state index contributed by atoms with van der Waals surface area (Å²) >= 11 is 0. The summed E-state index contributed by atoms with van der Waals surface area (Å²) in [5, 5.41) is 3.68. The normalized spacial score (nSPS) is 29.5. The highest BCUT2D eigenvalue weighted by molar-refractivity contribution is 4.98. The van der Waals surface area contributed by atoms with Crippen LogP contribution in [0.5, 0.6) is 0 Å². The molecular weight excluding hydrogens is 224 g/mol. The SMILES string of the molecule is CC1(C)CN(CCOC(C)(C)C)C(C2CC2)CN1. The van der Waals surface area contributed by atoms with Gasteiger partial charge in [-0.3, -0.25) is 4.90 Å². The van der Waals surface area contributed by atoms with E-state index < -0.39 is 0 Å². The zero-order chi connectivity index (χ0) is 13.4. The third-order valence-corrected chi connectivity index (χ3v) is 3.94. The van der Waals surface area contributed by atoms with Gasteiger partial charge >= 0.3 is 0 Å². The predicted octanol–water partition coefficient (Wildman–Crippen LogP) is 2.26. The smallest absolute Gasteiger partial charge is 0.0600 e. The van der Waals surface area contributed by atoms with Crippen LogP contribution in [0.4, 0.5) is 0 Å². The monoisotopic (exact) mass is 254 g/mol. The van der Waals surface area contributed by atoms with Gasteiger partial charge in [0.1, 0.15) is 0 Å². The van der Waals surface area contributed by atoms with Gasteiger partial charge in [-0.2, -0.15) is 0 Å². The maximum atomic E-state index is 5.89. The number of ether oxygens (including phenoxy) is 1. The van der Waals surface area contributed by atoms with Crippen LogP contribution in [0.25, 0.3) is 0 Å². The van der Waals surface area contributed by atoms with Crippen LogP contribution in [-0.2, 0) is 4.74 Å². The number of hydrogen-bond acceptors (Lipinski definition) is 3. The van der Waals surface area contributed by atoms with Crippen molar-refractivity contribution in [2.24, 2.45) is 5.92 Å². The number of piperazine rings is 1. The van der Waals surface area contributed by atoms with Crippen molar-refractivity contribution >= 4 is 0 Å². The summed E-state index contributed by atoms with van der Waals surface area (Å²) in [6.07, 6.45) is 2.84. The molecule has 1 aliphatic carbocycles. The van der Waals surface area contributed by atoms with E-state index in [1.165, 1.54) is 12.8 Å². The summed E-state index contributed by atoms with van der Waals surface area (Å²) < 4.78 is 5.89. The summed E-state index contributed by atoms with van der Waals surface area (Å²) in [7, 11) is 0. The zero-order valence-electron chi connectivity index (χ0n) is 12.8. The molecule has 1 aliphatic heterocycles. The van der Waals surface area contributed by atoms with Gasteiger partial charge in [0.05, 0.1) is 12.2 Å². The molecule has 3 nitrogen and oxygen atoms in total. The van der Waals surface area contributed by atoms with Gasteiger partial charge in [0.2, 0.25) is 0 Å². The molecule has 0 spiro atoms. The number of nitrogens with zero attached hydrogens (tertiary/aromatic N) is 1. The summed E-state index contributed by atoms with van der Waals surface area (Å²) in [4.78, 5) is 2.65. The molecule has 2 fully saturated rings. The molecule has 2 aliphatic rings. The van der Waals surface area contributed by atoms with Crippen LogP contribution in [0, 0.1) is 5.92 Å². The second-order valence-corrected chi connectivity index (χ2v) is 7.60. The van der Waals surface area contributed by atoms with Gasteiger partial charge < -0.3 is 10.1 Å². The molecular formula is C15H30N2O. The molecule has 3 heteroatoms. The third kappa shape index (κ3) is 4.22. The van der Waals surface area contributed by atoms with Crippen LogP contribution in [0.15, 0.2) is 0 Å². The van der Waals surface area contributed by atoms with Crippen LogP contribution < -0.4 is 5.32 Å².